The molecular weight excluding hydrogens is 413 g/mol. The number of rotatable bonds is 7. The highest BCUT2D eigenvalue weighted by atomic mass is 32.2. The first kappa shape index (κ1) is 23.7. The zero-order valence-corrected chi connectivity index (χ0v) is 20.1. The second kappa shape index (κ2) is 10.1. The van der Waals surface area contributed by atoms with Gasteiger partial charge in [-0.2, -0.15) is 0 Å². The molecule has 1 aliphatic rings. The zero-order valence-electron chi connectivity index (χ0n) is 19.3. The zero-order chi connectivity index (χ0) is 22.7. The van der Waals surface area contributed by atoms with Gasteiger partial charge in [0.15, 0.2) is 11.0 Å². The summed E-state index contributed by atoms with van der Waals surface area (Å²) in [6.45, 7) is 8.43. The van der Waals surface area contributed by atoms with Crippen LogP contribution in [0.2, 0.25) is 0 Å². The maximum atomic E-state index is 13.5. The summed E-state index contributed by atoms with van der Waals surface area (Å²) >= 11 is 1.38. The van der Waals surface area contributed by atoms with E-state index in [1.54, 1.807) is 12.1 Å². The summed E-state index contributed by atoms with van der Waals surface area (Å²) in [5.74, 6) is 1.58. The van der Waals surface area contributed by atoms with E-state index in [2.05, 4.69) is 29.4 Å². The number of benzene rings is 1. The van der Waals surface area contributed by atoms with Crippen LogP contribution in [-0.2, 0) is 4.79 Å². The lowest BCUT2D eigenvalue weighted by Gasteiger charge is -2.35. The molecule has 31 heavy (non-hydrogen) atoms. The van der Waals surface area contributed by atoms with Crippen molar-refractivity contribution in [2.45, 2.75) is 69.4 Å². The number of carbonyl (C=O) groups is 1. The molecule has 6 nitrogen and oxygen atoms in total. The second-order valence-electron chi connectivity index (χ2n) is 8.93. The molecule has 2 aromatic rings. The fourth-order valence-electron chi connectivity index (χ4n) is 3.99. The summed E-state index contributed by atoms with van der Waals surface area (Å²) in [5, 5.41) is 12.4. The van der Waals surface area contributed by atoms with Gasteiger partial charge < -0.3 is 5.32 Å². The lowest BCUT2D eigenvalue weighted by atomic mass is 9.78. The van der Waals surface area contributed by atoms with Crippen molar-refractivity contribution in [1.82, 2.24) is 25.0 Å². The number of nitrogens with one attached hydrogen (secondary N) is 1. The smallest absolute Gasteiger partial charge is 0.233 e. The summed E-state index contributed by atoms with van der Waals surface area (Å²) < 4.78 is 15.4. The van der Waals surface area contributed by atoms with Crippen LogP contribution in [0.1, 0.15) is 58.8 Å². The molecule has 0 radical (unpaired) electrons. The Labute approximate surface area is 189 Å². The third-order valence-corrected chi connectivity index (χ3v) is 7.62. The fraction of sp³-hybridized carbons (Fsp3) is 0.609. The van der Waals surface area contributed by atoms with Gasteiger partial charge >= 0.3 is 0 Å². The van der Waals surface area contributed by atoms with Crippen LogP contribution >= 0.6 is 11.8 Å². The average Bonchev–Trinajstić information content (AvgIpc) is 3.14. The van der Waals surface area contributed by atoms with Crippen LogP contribution in [0.5, 0.6) is 0 Å². The van der Waals surface area contributed by atoms with Crippen molar-refractivity contribution in [3.8, 4) is 5.69 Å². The number of carbonyl (C=O) groups excluding carboxylic acids is 1. The van der Waals surface area contributed by atoms with Crippen LogP contribution in [0, 0.1) is 17.7 Å². The highest BCUT2D eigenvalue weighted by Crippen LogP contribution is 2.32. The van der Waals surface area contributed by atoms with Crippen molar-refractivity contribution in [2.24, 2.45) is 11.8 Å². The van der Waals surface area contributed by atoms with Crippen LogP contribution in [0.3, 0.4) is 0 Å². The molecule has 0 spiro atoms. The average molecular weight is 448 g/mol. The quantitative estimate of drug-likeness (QED) is 0.636. The Kier molecular flexibility index (Phi) is 7.75. The second-order valence-corrected chi connectivity index (χ2v) is 10.2. The Morgan fingerprint density at radius 3 is 2.52 bits per heavy atom. The van der Waals surface area contributed by atoms with Gasteiger partial charge in [0, 0.05) is 11.7 Å². The molecule has 3 rings (SSSR count). The maximum Gasteiger partial charge on any atom is 0.233 e. The van der Waals surface area contributed by atoms with Gasteiger partial charge in [0.1, 0.15) is 5.82 Å². The lowest BCUT2D eigenvalue weighted by Crippen LogP contribution is -2.46. The summed E-state index contributed by atoms with van der Waals surface area (Å²) in [5.41, 5.74) is 0.778. The van der Waals surface area contributed by atoms with Gasteiger partial charge in [-0.3, -0.25) is 14.3 Å². The van der Waals surface area contributed by atoms with Crippen molar-refractivity contribution in [1.29, 1.82) is 0 Å². The Balaban J connectivity index is 1.81. The minimum atomic E-state index is -0.324. The van der Waals surface area contributed by atoms with Crippen LogP contribution < -0.4 is 5.32 Å². The van der Waals surface area contributed by atoms with Crippen molar-refractivity contribution in [3.63, 3.8) is 0 Å². The van der Waals surface area contributed by atoms with E-state index < -0.39 is 0 Å². The number of hydrogen-bond acceptors (Lipinski definition) is 5. The van der Waals surface area contributed by atoms with E-state index in [4.69, 9.17) is 0 Å². The predicted octanol–water partition coefficient (Wildman–Crippen LogP) is 4.45. The molecule has 5 atom stereocenters. The number of aromatic nitrogens is 3. The van der Waals surface area contributed by atoms with Crippen molar-refractivity contribution < 1.29 is 9.18 Å². The van der Waals surface area contributed by atoms with Gasteiger partial charge in [0.2, 0.25) is 5.91 Å². The third-order valence-electron chi connectivity index (χ3n) is 6.58. The van der Waals surface area contributed by atoms with Gasteiger partial charge in [0.05, 0.1) is 11.3 Å². The molecule has 170 valence electrons. The summed E-state index contributed by atoms with van der Waals surface area (Å²) in [6.07, 6.45) is 3.42. The standard InChI is InChI=1S/C23H34FN5OS/c1-14-8-7-9-20(15(14)2)25-22(30)17(4)31-23-27-26-21(16(3)28(5)6)29(23)19-12-10-18(24)11-13-19/h10-17,20H,7-9H2,1-6H3,(H,25,30). The largest absolute Gasteiger partial charge is 0.352 e. The summed E-state index contributed by atoms with van der Waals surface area (Å²) in [7, 11) is 3.95. The van der Waals surface area contributed by atoms with E-state index in [9.17, 15) is 9.18 Å². The van der Waals surface area contributed by atoms with Crippen molar-refractivity contribution in [3.05, 3.63) is 35.9 Å². The van der Waals surface area contributed by atoms with E-state index in [0.717, 1.165) is 24.4 Å². The lowest BCUT2D eigenvalue weighted by molar-refractivity contribution is -0.121. The number of hydrogen-bond donors (Lipinski definition) is 1. The molecule has 5 unspecified atom stereocenters. The molecule has 0 saturated heterocycles. The van der Waals surface area contributed by atoms with E-state index in [1.807, 2.05) is 37.4 Å². The van der Waals surface area contributed by atoms with Gasteiger partial charge in [-0.15, -0.1) is 10.2 Å². The Morgan fingerprint density at radius 1 is 1.19 bits per heavy atom. The van der Waals surface area contributed by atoms with E-state index in [-0.39, 0.29) is 29.1 Å². The van der Waals surface area contributed by atoms with Crippen LogP contribution in [-0.4, -0.2) is 51.0 Å². The van der Waals surface area contributed by atoms with Gasteiger partial charge in [0.25, 0.3) is 0 Å². The first-order chi connectivity index (χ1) is 14.7. The van der Waals surface area contributed by atoms with Crippen molar-refractivity contribution in [2.75, 3.05) is 14.1 Å². The van der Waals surface area contributed by atoms with E-state index in [0.29, 0.717) is 17.0 Å². The van der Waals surface area contributed by atoms with Crippen LogP contribution in [0.25, 0.3) is 5.69 Å². The molecule has 1 aliphatic carbocycles. The number of amides is 1. The molecule has 1 N–H and O–H groups in total. The highest BCUT2D eigenvalue weighted by molar-refractivity contribution is 8.00. The highest BCUT2D eigenvalue weighted by Gasteiger charge is 2.30. The minimum absolute atomic E-state index is 0.000566. The van der Waals surface area contributed by atoms with Crippen LogP contribution in [0.15, 0.2) is 29.4 Å². The monoisotopic (exact) mass is 447 g/mol. The molecule has 1 aromatic heterocycles. The van der Waals surface area contributed by atoms with Gasteiger partial charge in [-0.25, -0.2) is 4.39 Å². The maximum absolute atomic E-state index is 13.5. The molecule has 1 saturated carbocycles. The third kappa shape index (κ3) is 5.47. The fourth-order valence-corrected chi connectivity index (χ4v) is 4.87. The summed E-state index contributed by atoms with van der Waals surface area (Å²) in [6, 6.07) is 6.50. The number of thioether (sulfide) groups is 1. The summed E-state index contributed by atoms with van der Waals surface area (Å²) in [4.78, 5) is 15.0. The first-order valence-corrected chi connectivity index (χ1v) is 11.9. The van der Waals surface area contributed by atoms with E-state index in [1.165, 1.54) is 30.3 Å². The number of nitrogens with zero attached hydrogens (tertiary/aromatic N) is 4. The number of halogens is 1. The van der Waals surface area contributed by atoms with E-state index >= 15 is 0 Å². The first-order valence-electron chi connectivity index (χ1n) is 11.0. The Morgan fingerprint density at radius 2 is 1.87 bits per heavy atom. The predicted molar refractivity (Wildman–Crippen MR) is 123 cm³/mol. The SMILES string of the molecule is CC(Sc1nnc(C(C)N(C)C)n1-c1ccc(F)cc1)C(=O)NC1CCCC(C)C1C. The molecule has 0 aliphatic heterocycles. The normalized spacial score (nSPS) is 23.5. The van der Waals surface area contributed by atoms with Crippen molar-refractivity contribution >= 4 is 17.7 Å². The molecule has 1 fully saturated rings. The topological polar surface area (TPSA) is 63.1 Å². The minimum Gasteiger partial charge on any atom is -0.352 e. The van der Waals surface area contributed by atoms with Gasteiger partial charge in [-0.05, 0) is 70.5 Å². The Hall–Kier alpha value is -1.93. The van der Waals surface area contributed by atoms with Gasteiger partial charge in [-0.1, -0.05) is 38.5 Å². The van der Waals surface area contributed by atoms with Crippen LogP contribution in [0.4, 0.5) is 4.39 Å². The molecule has 1 heterocycles. The molecule has 1 amide bonds. The molecule has 8 heteroatoms. The molecular formula is C23H34FN5OS. The molecule has 1 aromatic carbocycles. The Bertz CT molecular complexity index is 885. The molecule has 0 bridgehead atoms.